The van der Waals surface area contributed by atoms with Crippen LogP contribution in [0.5, 0.6) is 0 Å². The van der Waals surface area contributed by atoms with Crippen molar-refractivity contribution in [2.45, 2.75) is 0 Å². The van der Waals surface area contributed by atoms with Crippen molar-refractivity contribution in [2.24, 2.45) is 0 Å². The Morgan fingerprint density at radius 3 is 1.40 bits per heavy atom. The lowest BCUT2D eigenvalue weighted by Gasteiger charge is -2.31. The van der Waals surface area contributed by atoms with Crippen LogP contribution in [0.4, 0.5) is 0 Å². The van der Waals surface area contributed by atoms with E-state index in [1.807, 2.05) is 0 Å². The second kappa shape index (κ2) is 7.87. The van der Waals surface area contributed by atoms with Crippen LogP contribution >= 0.6 is 22.4 Å². The maximum atomic E-state index is 5.61. The molecule has 0 aliphatic heterocycles. The SMILES string of the molecule is [B][B]B(B([B])[B])B(I)B(B([B])[B])B([B])[B]. The van der Waals surface area contributed by atoms with Crippen molar-refractivity contribution in [1.82, 2.24) is 0 Å². The minimum Gasteiger partial charge on any atom is -0.173 e. The molecule has 0 aromatic rings. The fraction of sp³-hybridized carbons (Fsp3) is 0. The standard InChI is InChI=1S/B14I/c1-8-12(9(2)3)14(15)13(10(4)5)11(6)7. The predicted molar refractivity (Wildman–Crippen MR) is 94.6 cm³/mol. The number of rotatable bonds is 6. The van der Waals surface area contributed by atoms with Gasteiger partial charge in [0.25, 0.3) is 0 Å². The highest BCUT2D eigenvalue weighted by Gasteiger charge is 2.37. The largest absolute Gasteiger partial charge is 0.173 e. The van der Waals surface area contributed by atoms with E-state index in [4.69, 9.17) is 54.2 Å². The predicted octanol–water partition coefficient (Wildman–Crippen LogP) is -4.45. The van der Waals surface area contributed by atoms with Gasteiger partial charge in [-0.05, 0) is 0 Å². The molecule has 0 saturated carbocycles. The summed E-state index contributed by atoms with van der Waals surface area (Å²) in [5.74, 6) is 0. The van der Waals surface area contributed by atoms with Crippen LogP contribution < -0.4 is 0 Å². The number of hydrogen-bond acceptors (Lipinski definition) is 0. The van der Waals surface area contributed by atoms with Crippen LogP contribution in [-0.4, -0.2) is 97.5 Å². The summed E-state index contributed by atoms with van der Waals surface area (Å²) >= 11 is 2.12. The van der Waals surface area contributed by atoms with Gasteiger partial charge in [-0.15, -0.1) is 0 Å². The van der Waals surface area contributed by atoms with Gasteiger partial charge < -0.3 is 0 Å². The summed E-state index contributed by atoms with van der Waals surface area (Å²) < 4.78 is -0.104. The molecule has 0 heterocycles. The van der Waals surface area contributed by atoms with Crippen molar-refractivity contribution in [2.75, 3.05) is 0 Å². The van der Waals surface area contributed by atoms with Crippen molar-refractivity contribution in [3.63, 3.8) is 0 Å². The van der Waals surface area contributed by atoms with Crippen LogP contribution in [0.1, 0.15) is 0 Å². The second-order valence-corrected chi connectivity index (χ2v) is 4.96. The van der Waals surface area contributed by atoms with Gasteiger partial charge in [-0.1, -0.05) is 0 Å². The lowest BCUT2D eigenvalue weighted by Crippen LogP contribution is -2.68. The number of hydrogen-bond donors (Lipinski definition) is 0. The highest BCUT2D eigenvalue weighted by Crippen LogP contribution is 2.07. The smallest absolute Gasteiger partial charge is 0.120 e. The summed E-state index contributed by atoms with van der Waals surface area (Å²) in [7, 11) is 40.5. The molecule has 0 saturated heterocycles. The van der Waals surface area contributed by atoms with E-state index < -0.39 is 19.2 Å². The molecular weight excluding hydrogens is 278 g/mol. The highest BCUT2D eigenvalue weighted by molar-refractivity contribution is 14.1. The molecule has 0 aromatic heterocycles. The molecule has 15 heavy (non-hydrogen) atoms. The van der Waals surface area contributed by atoms with E-state index >= 15 is 0 Å². The zero-order valence-corrected chi connectivity index (χ0v) is 10.6. The van der Waals surface area contributed by atoms with Crippen molar-refractivity contribution in [3.05, 3.63) is 0 Å². The molecule has 0 spiro atoms. The van der Waals surface area contributed by atoms with E-state index in [0.717, 1.165) is 0 Å². The second-order valence-electron chi connectivity index (χ2n) is 3.52. The molecule has 0 fully saturated rings. The van der Waals surface area contributed by atoms with E-state index in [0.29, 0.717) is 0 Å². The molecule has 0 bridgehead atoms. The molecule has 0 unspecified atom stereocenters. The van der Waals surface area contributed by atoms with E-state index in [1.54, 1.807) is 0 Å². The summed E-state index contributed by atoms with van der Waals surface area (Å²) in [6, 6.07) is 0. The first-order chi connectivity index (χ1) is 6.82. The van der Waals surface area contributed by atoms with E-state index in [-0.39, 0.29) is 17.1 Å². The molecule has 15 heteroatoms. The van der Waals surface area contributed by atoms with Crippen molar-refractivity contribution >= 4 is 120 Å². The molecular formula is B14I. The van der Waals surface area contributed by atoms with Gasteiger partial charge in [-0.2, -0.15) is 22.4 Å². The summed E-state index contributed by atoms with van der Waals surface area (Å²) in [5, 5.41) is 0. The molecule has 0 aliphatic carbocycles. The highest BCUT2D eigenvalue weighted by atomic mass is 127. The Kier molecular flexibility index (Phi) is 8.73. The molecule has 0 nitrogen and oxygen atoms in total. The van der Waals surface area contributed by atoms with Crippen LogP contribution in [-0.2, 0) is 0 Å². The molecule has 0 rings (SSSR count). The normalized spacial score (nSPS) is 8.87. The van der Waals surface area contributed by atoms with Crippen molar-refractivity contribution in [1.29, 1.82) is 0 Å². The molecule has 0 atom stereocenters. The Morgan fingerprint density at radius 2 is 1.20 bits per heavy atom. The molecule has 0 N–H and O–H groups in total. The van der Waals surface area contributed by atoms with Gasteiger partial charge in [0.1, 0.15) is 4.35 Å². The monoisotopic (exact) mass is 281 g/mol. The first kappa shape index (κ1) is 16.6. The van der Waals surface area contributed by atoms with Gasteiger partial charge in [0.2, 0.25) is 0 Å². The topological polar surface area (TPSA) is 0 Å². The Balaban J connectivity index is 4.67. The van der Waals surface area contributed by atoms with E-state index in [1.165, 1.54) is 7.06 Å². The van der Waals surface area contributed by atoms with Crippen LogP contribution in [0.15, 0.2) is 0 Å². The maximum absolute atomic E-state index is 5.61. The van der Waals surface area contributed by atoms with Gasteiger partial charge in [-0.25, -0.2) is 0 Å². The Hall–Kier alpha value is 1.64. The van der Waals surface area contributed by atoms with Crippen LogP contribution in [0.3, 0.4) is 0 Å². The van der Waals surface area contributed by atoms with Gasteiger partial charge in [0.15, 0.2) is 0 Å². The average molecular weight is 278 g/mol. The van der Waals surface area contributed by atoms with E-state index in [9.17, 15) is 0 Å². The fourth-order valence-corrected chi connectivity index (χ4v) is 3.06. The van der Waals surface area contributed by atoms with Gasteiger partial charge in [0, 0.05) is 93.1 Å². The first-order valence-electron chi connectivity index (χ1n) is 4.55. The van der Waals surface area contributed by atoms with Crippen molar-refractivity contribution in [3.8, 4) is 0 Å². The summed E-state index contributed by atoms with van der Waals surface area (Å²) in [6.07, 6.45) is -2.39. The lowest BCUT2D eigenvalue weighted by molar-refractivity contribution is 3.48. The van der Waals surface area contributed by atoms with Gasteiger partial charge in [-0.3, -0.25) is 0 Å². The number of halogens is 1. The Labute approximate surface area is 119 Å². The van der Waals surface area contributed by atoms with Crippen LogP contribution in [0.25, 0.3) is 0 Å². The zero-order chi connectivity index (χ0) is 12.2. The first-order valence-corrected chi connectivity index (χ1v) is 5.80. The van der Waals surface area contributed by atoms with Crippen LogP contribution in [0.2, 0.25) is 0 Å². The molecule has 0 aliphatic rings. The molecule has 49 valence electrons. The Bertz CT molecular complexity index is 153. The van der Waals surface area contributed by atoms with E-state index in [2.05, 4.69) is 22.4 Å². The summed E-state index contributed by atoms with van der Waals surface area (Å²) in [4.78, 5) is 0. The van der Waals surface area contributed by atoms with Gasteiger partial charge in [0.05, 0.1) is 0 Å². The lowest BCUT2D eigenvalue weighted by atomic mass is 8.55. The average Bonchev–Trinajstić information content (AvgIpc) is 2.02. The third kappa shape index (κ3) is 5.21. The quantitative estimate of drug-likeness (QED) is 0.340. The zero-order valence-electron chi connectivity index (χ0n) is 8.46. The summed E-state index contributed by atoms with van der Waals surface area (Å²) in [5.41, 5.74) is 0. The maximum Gasteiger partial charge on any atom is 0.120 e. The van der Waals surface area contributed by atoms with Gasteiger partial charge >= 0.3 is 0 Å². The Morgan fingerprint density at radius 1 is 0.800 bits per heavy atom. The van der Waals surface area contributed by atoms with Crippen LogP contribution in [0, 0.1) is 0 Å². The van der Waals surface area contributed by atoms with Crippen molar-refractivity contribution < 1.29 is 0 Å². The third-order valence-electron chi connectivity index (χ3n) is 2.29. The fourth-order valence-electron chi connectivity index (χ4n) is 1.38. The molecule has 15 radical (unpaired) electrons. The summed E-state index contributed by atoms with van der Waals surface area (Å²) in [6.45, 7) is 0. The third-order valence-corrected chi connectivity index (χ3v) is 3.95. The minimum atomic E-state index is -0.631. The minimum absolute atomic E-state index is 0.104. The molecule has 0 amide bonds. The molecule has 0 aromatic carbocycles.